The molecule has 1 heterocycles. The summed E-state index contributed by atoms with van der Waals surface area (Å²) >= 11 is 0. The summed E-state index contributed by atoms with van der Waals surface area (Å²) < 4.78 is 6.09. The zero-order chi connectivity index (χ0) is 12.9. The Bertz CT molecular complexity index is 341. The number of benzene rings is 1. The lowest BCUT2D eigenvalue weighted by Crippen LogP contribution is -2.36. The molecular weight excluding hydrogens is 208 g/mol. The number of aryl methyl sites for hydroxylation is 1. The van der Waals surface area contributed by atoms with Gasteiger partial charge in [-0.2, -0.15) is 0 Å². The van der Waals surface area contributed by atoms with Crippen molar-refractivity contribution >= 4 is 0 Å². The first-order chi connectivity index (χ1) is 8.13. The highest BCUT2D eigenvalue weighted by Gasteiger charge is 2.32. The van der Waals surface area contributed by atoms with Crippen molar-refractivity contribution in [1.29, 1.82) is 0 Å². The molecule has 1 aliphatic heterocycles. The van der Waals surface area contributed by atoms with Crippen LogP contribution in [0.4, 0.5) is 0 Å². The molecule has 0 amide bonds. The molecule has 1 aliphatic rings. The van der Waals surface area contributed by atoms with Crippen LogP contribution in [0.3, 0.4) is 0 Å². The lowest BCUT2D eigenvalue weighted by Gasteiger charge is -2.37. The highest BCUT2D eigenvalue weighted by Crippen LogP contribution is 2.36. The number of hydrogen-bond donors (Lipinski definition) is 0. The van der Waals surface area contributed by atoms with Crippen molar-refractivity contribution in [1.82, 2.24) is 0 Å². The van der Waals surface area contributed by atoms with Gasteiger partial charge < -0.3 is 4.74 Å². The topological polar surface area (TPSA) is 9.23 Å². The number of ether oxygens (including phenoxy) is 1. The van der Waals surface area contributed by atoms with E-state index in [1.807, 2.05) is 13.8 Å². The predicted molar refractivity (Wildman–Crippen MR) is 74.6 cm³/mol. The minimum Gasteiger partial charge on any atom is -0.490 e. The van der Waals surface area contributed by atoms with E-state index in [0.717, 1.165) is 18.6 Å². The Labute approximate surface area is 106 Å². The molecule has 1 aromatic carbocycles. The minimum atomic E-state index is 0.285. The maximum atomic E-state index is 6.09. The summed E-state index contributed by atoms with van der Waals surface area (Å²) in [5.74, 6) is 1.09. The van der Waals surface area contributed by atoms with Crippen LogP contribution in [0.25, 0.3) is 0 Å². The molecule has 96 valence electrons. The molecule has 0 saturated heterocycles. The van der Waals surface area contributed by atoms with E-state index in [9.17, 15) is 0 Å². The van der Waals surface area contributed by atoms with Crippen LogP contribution >= 0.6 is 0 Å². The molecule has 0 fully saturated rings. The fourth-order valence-corrected chi connectivity index (χ4v) is 2.10. The molecule has 0 aliphatic carbocycles. The highest BCUT2D eigenvalue weighted by atomic mass is 16.5. The van der Waals surface area contributed by atoms with E-state index in [0.29, 0.717) is 6.10 Å². The highest BCUT2D eigenvalue weighted by molar-refractivity contribution is 5.35. The summed E-state index contributed by atoms with van der Waals surface area (Å²) in [6, 6.07) is 8.41. The zero-order valence-corrected chi connectivity index (χ0v) is 11.9. The second-order valence-corrected chi connectivity index (χ2v) is 5.10. The molecule has 0 spiro atoms. The smallest absolute Gasteiger partial charge is 0.122 e. The van der Waals surface area contributed by atoms with E-state index in [1.165, 1.54) is 12.0 Å². The lowest BCUT2D eigenvalue weighted by atomic mass is 9.80. The van der Waals surface area contributed by atoms with Crippen molar-refractivity contribution in [2.75, 3.05) is 0 Å². The van der Waals surface area contributed by atoms with Gasteiger partial charge in [-0.3, -0.25) is 0 Å². The molecule has 17 heavy (non-hydrogen) atoms. The summed E-state index contributed by atoms with van der Waals surface area (Å²) in [5, 5.41) is 0. The molecule has 1 nitrogen and oxygen atoms in total. The molecule has 0 aromatic heterocycles. The van der Waals surface area contributed by atoms with Gasteiger partial charge in [0.1, 0.15) is 11.9 Å². The van der Waals surface area contributed by atoms with E-state index >= 15 is 0 Å². The van der Waals surface area contributed by atoms with Crippen LogP contribution in [0.15, 0.2) is 24.3 Å². The number of fused-ring (bicyclic) bond motifs is 1. The van der Waals surface area contributed by atoms with Crippen LogP contribution in [-0.2, 0) is 6.42 Å². The van der Waals surface area contributed by atoms with Crippen molar-refractivity contribution in [3.63, 3.8) is 0 Å². The first kappa shape index (κ1) is 14.1. The standard InChI is InChI=1S/C14H20O.C2H6/c1-4-14(2,3)13-10-9-11-7-5-6-8-12(11)15-13;1-2/h5-8,13H,4,9-10H2,1-3H3;1-2H3. The average Bonchev–Trinajstić information content (AvgIpc) is 2.40. The fraction of sp³-hybridized carbons (Fsp3) is 0.625. The van der Waals surface area contributed by atoms with E-state index in [1.54, 1.807) is 0 Å². The fourth-order valence-electron chi connectivity index (χ4n) is 2.10. The summed E-state index contributed by atoms with van der Waals surface area (Å²) in [5.41, 5.74) is 1.65. The van der Waals surface area contributed by atoms with Crippen LogP contribution in [0, 0.1) is 5.41 Å². The SMILES string of the molecule is CC.CCC(C)(C)C1CCc2ccccc2O1. The Kier molecular flexibility index (Phi) is 5.04. The third kappa shape index (κ3) is 3.24. The Morgan fingerprint density at radius 3 is 2.53 bits per heavy atom. The van der Waals surface area contributed by atoms with Crippen LogP contribution in [0.5, 0.6) is 5.75 Å². The van der Waals surface area contributed by atoms with Gasteiger partial charge >= 0.3 is 0 Å². The van der Waals surface area contributed by atoms with Crippen LogP contribution in [0.1, 0.15) is 53.0 Å². The monoisotopic (exact) mass is 234 g/mol. The summed E-state index contributed by atoms with van der Waals surface area (Å²) in [4.78, 5) is 0. The van der Waals surface area contributed by atoms with Gasteiger partial charge in [0.15, 0.2) is 0 Å². The summed E-state index contributed by atoms with van der Waals surface area (Å²) in [6.07, 6.45) is 3.85. The number of hydrogen-bond acceptors (Lipinski definition) is 1. The van der Waals surface area contributed by atoms with Gasteiger partial charge in [0.2, 0.25) is 0 Å². The van der Waals surface area contributed by atoms with Gasteiger partial charge in [0, 0.05) is 5.41 Å². The Morgan fingerprint density at radius 2 is 1.88 bits per heavy atom. The molecule has 1 atom stereocenters. The maximum Gasteiger partial charge on any atom is 0.122 e. The van der Waals surface area contributed by atoms with E-state index in [2.05, 4.69) is 45.0 Å². The van der Waals surface area contributed by atoms with Gasteiger partial charge in [-0.25, -0.2) is 0 Å². The second-order valence-electron chi connectivity index (χ2n) is 5.10. The summed E-state index contributed by atoms with van der Waals surface area (Å²) in [6.45, 7) is 10.8. The third-order valence-electron chi connectivity index (χ3n) is 3.70. The van der Waals surface area contributed by atoms with Gasteiger partial charge in [-0.05, 0) is 30.9 Å². The first-order valence-corrected chi connectivity index (χ1v) is 6.88. The Morgan fingerprint density at radius 1 is 1.24 bits per heavy atom. The normalized spacial score (nSPS) is 18.5. The molecule has 1 aromatic rings. The maximum absolute atomic E-state index is 6.09. The molecule has 0 radical (unpaired) electrons. The largest absolute Gasteiger partial charge is 0.490 e. The first-order valence-electron chi connectivity index (χ1n) is 6.88. The molecule has 1 heteroatoms. The van der Waals surface area contributed by atoms with Crippen molar-refractivity contribution in [3.05, 3.63) is 29.8 Å². The van der Waals surface area contributed by atoms with Gasteiger partial charge in [-0.1, -0.05) is 52.8 Å². The molecule has 0 N–H and O–H groups in total. The Hall–Kier alpha value is -0.980. The van der Waals surface area contributed by atoms with E-state index in [4.69, 9.17) is 4.74 Å². The Balaban J connectivity index is 0.000000686. The second kappa shape index (κ2) is 6.09. The van der Waals surface area contributed by atoms with Crippen molar-refractivity contribution in [3.8, 4) is 5.75 Å². The third-order valence-corrected chi connectivity index (χ3v) is 3.70. The van der Waals surface area contributed by atoms with Crippen LogP contribution in [0.2, 0.25) is 0 Å². The molecule has 0 saturated carbocycles. The van der Waals surface area contributed by atoms with Gasteiger partial charge in [-0.15, -0.1) is 0 Å². The van der Waals surface area contributed by atoms with Crippen molar-refractivity contribution < 1.29 is 4.74 Å². The van der Waals surface area contributed by atoms with Crippen LogP contribution < -0.4 is 4.74 Å². The summed E-state index contributed by atoms with van der Waals surface area (Å²) in [7, 11) is 0. The van der Waals surface area contributed by atoms with Crippen molar-refractivity contribution in [2.24, 2.45) is 5.41 Å². The van der Waals surface area contributed by atoms with Crippen LogP contribution in [-0.4, -0.2) is 6.10 Å². The quantitative estimate of drug-likeness (QED) is 0.711. The minimum absolute atomic E-state index is 0.285. The zero-order valence-electron chi connectivity index (χ0n) is 11.9. The van der Waals surface area contributed by atoms with Crippen molar-refractivity contribution in [2.45, 2.75) is 60.0 Å². The van der Waals surface area contributed by atoms with E-state index < -0.39 is 0 Å². The molecule has 0 bridgehead atoms. The van der Waals surface area contributed by atoms with E-state index in [-0.39, 0.29) is 5.41 Å². The molecular formula is C16H26O. The number of rotatable bonds is 2. The van der Waals surface area contributed by atoms with Gasteiger partial charge in [0.25, 0.3) is 0 Å². The molecule has 1 unspecified atom stereocenters. The lowest BCUT2D eigenvalue weighted by molar-refractivity contribution is 0.0521. The van der Waals surface area contributed by atoms with Gasteiger partial charge in [0.05, 0.1) is 0 Å². The number of para-hydroxylation sites is 1. The predicted octanol–water partition coefficient (Wildman–Crippen LogP) is 4.84. The molecule has 2 rings (SSSR count). The average molecular weight is 234 g/mol.